The summed E-state index contributed by atoms with van der Waals surface area (Å²) in [5, 5.41) is 0. The summed E-state index contributed by atoms with van der Waals surface area (Å²) in [6, 6.07) is 2.62. The van der Waals surface area contributed by atoms with Crippen LogP contribution < -0.4 is 0 Å². The minimum atomic E-state index is 0.611. The Morgan fingerprint density at radius 2 is 2.07 bits per heavy atom. The number of carbonyl (C=O) groups excluding carboxylic acids is 1. The van der Waals surface area contributed by atoms with Gasteiger partial charge in [0.05, 0.1) is 0 Å². The van der Waals surface area contributed by atoms with Crippen LogP contribution in [0.3, 0.4) is 0 Å². The number of aryl methyl sites for hydroxylation is 1. The van der Waals surface area contributed by atoms with Gasteiger partial charge in [-0.05, 0) is 44.3 Å². The number of hydrogen-bond donors (Lipinski definition) is 0. The Morgan fingerprint density at radius 3 is 2.60 bits per heavy atom. The summed E-state index contributed by atoms with van der Waals surface area (Å²) in [4.78, 5) is 10.9. The molecule has 0 unspecified atom stereocenters. The van der Waals surface area contributed by atoms with Gasteiger partial charge in [-0.3, -0.25) is 4.79 Å². The normalized spacial score (nSPS) is 18.0. The average Bonchev–Trinajstić information content (AvgIpc) is 2.55. The van der Waals surface area contributed by atoms with Crippen LogP contribution in [-0.2, 0) is 0 Å². The van der Waals surface area contributed by atoms with E-state index in [-0.39, 0.29) is 0 Å². The van der Waals surface area contributed by atoms with Crippen molar-refractivity contribution in [3.8, 4) is 0 Å². The molecule has 1 aliphatic heterocycles. The number of hydrogen-bond acceptors (Lipinski definition) is 2. The second-order valence-corrected chi connectivity index (χ2v) is 5.38. The molecular weight excluding hydrogens is 206 g/mol. The monoisotopic (exact) mass is 223 g/mol. The van der Waals surface area contributed by atoms with Gasteiger partial charge >= 0.3 is 0 Å². The van der Waals surface area contributed by atoms with Crippen LogP contribution in [0.25, 0.3) is 0 Å². The van der Waals surface area contributed by atoms with Crippen LogP contribution >= 0.6 is 11.8 Å². The molecule has 0 amide bonds. The molecule has 0 aliphatic carbocycles. The van der Waals surface area contributed by atoms with Crippen molar-refractivity contribution in [1.29, 1.82) is 0 Å². The Hall–Kier alpha value is -0.700. The molecule has 1 fully saturated rings. The predicted octanol–water partition coefficient (Wildman–Crippen LogP) is 2.99. The summed E-state index contributed by atoms with van der Waals surface area (Å²) in [5.41, 5.74) is 3.22. The molecule has 1 aromatic rings. The van der Waals surface area contributed by atoms with E-state index < -0.39 is 0 Å². The zero-order valence-electron chi connectivity index (χ0n) is 9.32. The summed E-state index contributed by atoms with van der Waals surface area (Å²) < 4.78 is 2.35. The quantitative estimate of drug-likeness (QED) is 0.719. The maximum Gasteiger partial charge on any atom is 0.151 e. The average molecular weight is 223 g/mol. The summed E-state index contributed by atoms with van der Waals surface area (Å²) in [6.45, 7) is 4.15. The van der Waals surface area contributed by atoms with E-state index >= 15 is 0 Å². The highest BCUT2D eigenvalue weighted by atomic mass is 32.2. The van der Waals surface area contributed by atoms with E-state index in [1.807, 2.05) is 17.8 Å². The highest BCUT2D eigenvalue weighted by Crippen LogP contribution is 2.30. The fourth-order valence-electron chi connectivity index (χ4n) is 2.43. The summed E-state index contributed by atoms with van der Waals surface area (Å²) in [6.07, 6.45) is 3.44. The van der Waals surface area contributed by atoms with Gasteiger partial charge < -0.3 is 4.57 Å². The number of carbonyl (C=O) groups is 1. The largest absolute Gasteiger partial charge is 0.345 e. The van der Waals surface area contributed by atoms with Crippen molar-refractivity contribution in [3.05, 3.63) is 23.0 Å². The van der Waals surface area contributed by atoms with E-state index in [0.29, 0.717) is 6.04 Å². The molecule has 82 valence electrons. The molecule has 1 saturated heterocycles. The number of nitrogens with zero attached hydrogens (tertiary/aromatic N) is 1. The molecule has 1 aliphatic rings. The van der Waals surface area contributed by atoms with Gasteiger partial charge in [-0.1, -0.05) is 0 Å². The maximum atomic E-state index is 10.9. The van der Waals surface area contributed by atoms with Gasteiger partial charge in [0.15, 0.2) is 6.29 Å². The van der Waals surface area contributed by atoms with E-state index in [4.69, 9.17) is 0 Å². The number of aldehydes is 1. The third-order valence-corrected chi connectivity index (χ3v) is 4.26. The Bertz CT molecular complexity index is 364. The second-order valence-electron chi connectivity index (χ2n) is 4.16. The first-order valence-electron chi connectivity index (χ1n) is 5.45. The molecule has 1 aromatic heterocycles. The van der Waals surface area contributed by atoms with E-state index in [1.165, 1.54) is 30.0 Å². The summed E-state index contributed by atoms with van der Waals surface area (Å²) in [5.74, 6) is 2.50. The minimum Gasteiger partial charge on any atom is -0.345 e. The zero-order chi connectivity index (χ0) is 10.8. The van der Waals surface area contributed by atoms with Gasteiger partial charge in [0.2, 0.25) is 0 Å². The Morgan fingerprint density at radius 1 is 1.40 bits per heavy atom. The van der Waals surface area contributed by atoms with Crippen LogP contribution in [0.5, 0.6) is 0 Å². The first kappa shape index (κ1) is 10.8. The Kier molecular flexibility index (Phi) is 3.19. The lowest BCUT2D eigenvalue weighted by molar-refractivity contribution is 0.112. The second kappa shape index (κ2) is 4.44. The third-order valence-electron chi connectivity index (χ3n) is 3.21. The van der Waals surface area contributed by atoms with E-state index in [2.05, 4.69) is 18.4 Å². The molecule has 0 saturated carbocycles. The van der Waals surface area contributed by atoms with Crippen molar-refractivity contribution < 1.29 is 4.79 Å². The molecule has 0 spiro atoms. The van der Waals surface area contributed by atoms with Crippen molar-refractivity contribution in [1.82, 2.24) is 4.57 Å². The van der Waals surface area contributed by atoms with Gasteiger partial charge in [-0.2, -0.15) is 11.8 Å². The molecule has 0 N–H and O–H groups in total. The first-order valence-corrected chi connectivity index (χ1v) is 6.61. The van der Waals surface area contributed by atoms with Gasteiger partial charge in [0.1, 0.15) is 0 Å². The van der Waals surface area contributed by atoms with Crippen molar-refractivity contribution >= 4 is 18.0 Å². The van der Waals surface area contributed by atoms with Crippen molar-refractivity contribution in [2.24, 2.45) is 0 Å². The van der Waals surface area contributed by atoms with E-state index in [0.717, 1.165) is 17.5 Å². The molecule has 2 rings (SSSR count). The molecular formula is C12H17NOS. The molecule has 0 atom stereocenters. The summed E-state index contributed by atoms with van der Waals surface area (Å²) in [7, 11) is 0. The highest BCUT2D eigenvalue weighted by molar-refractivity contribution is 7.99. The van der Waals surface area contributed by atoms with E-state index in [1.54, 1.807) is 0 Å². The predicted molar refractivity (Wildman–Crippen MR) is 64.9 cm³/mol. The van der Waals surface area contributed by atoms with Crippen molar-refractivity contribution in [3.63, 3.8) is 0 Å². The molecule has 0 bridgehead atoms. The SMILES string of the molecule is Cc1cc(C=O)c(C)n1C1CCSCC1. The topological polar surface area (TPSA) is 22.0 Å². The van der Waals surface area contributed by atoms with Crippen LogP contribution in [-0.4, -0.2) is 22.4 Å². The van der Waals surface area contributed by atoms with Gasteiger partial charge in [0.25, 0.3) is 0 Å². The zero-order valence-corrected chi connectivity index (χ0v) is 10.1. The smallest absolute Gasteiger partial charge is 0.151 e. The molecule has 2 heterocycles. The lowest BCUT2D eigenvalue weighted by Gasteiger charge is -2.26. The van der Waals surface area contributed by atoms with Gasteiger partial charge in [-0.15, -0.1) is 0 Å². The van der Waals surface area contributed by atoms with Crippen LogP contribution in [0.2, 0.25) is 0 Å². The molecule has 0 aromatic carbocycles. The van der Waals surface area contributed by atoms with Crippen LogP contribution in [0.4, 0.5) is 0 Å². The minimum absolute atomic E-state index is 0.611. The molecule has 2 nitrogen and oxygen atoms in total. The first-order chi connectivity index (χ1) is 7.24. The standard InChI is InChI=1S/C12H17NOS/c1-9-7-11(8-14)10(2)13(9)12-3-5-15-6-4-12/h7-8,12H,3-6H2,1-2H3. The van der Waals surface area contributed by atoms with Crippen molar-refractivity contribution in [2.75, 3.05) is 11.5 Å². The number of thioether (sulfide) groups is 1. The lowest BCUT2D eigenvalue weighted by Crippen LogP contribution is -2.17. The number of aromatic nitrogens is 1. The molecule has 15 heavy (non-hydrogen) atoms. The fourth-order valence-corrected chi connectivity index (χ4v) is 3.51. The fraction of sp³-hybridized carbons (Fsp3) is 0.583. The van der Waals surface area contributed by atoms with E-state index in [9.17, 15) is 4.79 Å². The highest BCUT2D eigenvalue weighted by Gasteiger charge is 2.19. The number of rotatable bonds is 2. The van der Waals surface area contributed by atoms with Crippen LogP contribution in [0.15, 0.2) is 6.07 Å². The Balaban J connectivity index is 2.33. The van der Waals surface area contributed by atoms with Gasteiger partial charge in [0, 0.05) is 23.0 Å². The lowest BCUT2D eigenvalue weighted by atomic mass is 10.1. The summed E-state index contributed by atoms with van der Waals surface area (Å²) >= 11 is 2.03. The Labute approximate surface area is 95.0 Å². The van der Waals surface area contributed by atoms with Crippen LogP contribution in [0, 0.1) is 13.8 Å². The van der Waals surface area contributed by atoms with Crippen molar-refractivity contribution in [2.45, 2.75) is 32.7 Å². The molecule has 3 heteroatoms. The third kappa shape index (κ3) is 1.98. The molecule has 0 radical (unpaired) electrons. The van der Waals surface area contributed by atoms with Crippen LogP contribution in [0.1, 0.15) is 40.6 Å². The van der Waals surface area contributed by atoms with Gasteiger partial charge in [-0.25, -0.2) is 0 Å². The maximum absolute atomic E-state index is 10.9.